The molecule has 0 aliphatic heterocycles. The Labute approximate surface area is 76.2 Å². The summed E-state index contributed by atoms with van der Waals surface area (Å²) in [6.45, 7) is 0.0844. The van der Waals surface area contributed by atoms with E-state index in [0.717, 1.165) is 5.56 Å². The van der Waals surface area contributed by atoms with Crippen LogP contribution in [0.15, 0.2) is 18.3 Å². The van der Waals surface area contributed by atoms with E-state index >= 15 is 0 Å². The van der Waals surface area contributed by atoms with Gasteiger partial charge in [-0.25, -0.2) is 4.98 Å². The van der Waals surface area contributed by atoms with Crippen molar-refractivity contribution in [3.05, 3.63) is 29.0 Å². The van der Waals surface area contributed by atoms with Crippen LogP contribution in [-0.4, -0.2) is 16.7 Å². The fraction of sp³-hybridized carbons (Fsp3) is 0.375. The first-order valence-corrected chi connectivity index (χ1v) is 4.09. The first-order chi connectivity index (χ1) is 5.74. The number of pyridine rings is 1. The second-order valence-corrected chi connectivity index (χ2v) is 2.92. The fourth-order valence-corrected chi connectivity index (χ4v) is 1.14. The summed E-state index contributed by atoms with van der Waals surface area (Å²) in [5.74, 6) is 0. The number of aliphatic hydroxyl groups is 1. The van der Waals surface area contributed by atoms with Gasteiger partial charge in [-0.05, 0) is 24.1 Å². The number of aliphatic hydroxyl groups excluding tert-OH is 1. The summed E-state index contributed by atoms with van der Waals surface area (Å²) in [5, 5.41) is 9.07. The van der Waals surface area contributed by atoms with Crippen molar-refractivity contribution < 1.29 is 5.11 Å². The summed E-state index contributed by atoms with van der Waals surface area (Å²) in [6, 6.07) is 3.35. The first-order valence-electron chi connectivity index (χ1n) is 3.72. The summed E-state index contributed by atoms with van der Waals surface area (Å²) in [7, 11) is 0. The van der Waals surface area contributed by atoms with Crippen LogP contribution in [-0.2, 0) is 0 Å². The number of halogens is 1. The van der Waals surface area contributed by atoms with E-state index in [1.165, 1.54) is 0 Å². The number of hydrogen-bond donors (Lipinski definition) is 2. The monoisotopic (exact) mass is 186 g/mol. The fourth-order valence-electron chi connectivity index (χ4n) is 0.954. The Hall–Kier alpha value is -0.640. The highest BCUT2D eigenvalue weighted by Gasteiger charge is 2.04. The standard InChI is InChI=1S/C8H11ClN2O/c9-8-5-6(1-3-11-8)7(10)2-4-12/h1,3,5,7,12H,2,4,10H2. The Kier molecular flexibility index (Phi) is 3.47. The molecule has 3 nitrogen and oxygen atoms in total. The van der Waals surface area contributed by atoms with Gasteiger partial charge in [0.05, 0.1) is 0 Å². The zero-order chi connectivity index (χ0) is 8.97. The van der Waals surface area contributed by atoms with Crippen LogP contribution in [0.25, 0.3) is 0 Å². The molecule has 1 heterocycles. The number of hydrogen-bond acceptors (Lipinski definition) is 3. The highest BCUT2D eigenvalue weighted by atomic mass is 35.5. The lowest BCUT2D eigenvalue weighted by Crippen LogP contribution is -2.11. The molecule has 66 valence electrons. The molecular weight excluding hydrogens is 176 g/mol. The van der Waals surface area contributed by atoms with Gasteiger partial charge >= 0.3 is 0 Å². The Morgan fingerprint density at radius 1 is 1.67 bits per heavy atom. The maximum Gasteiger partial charge on any atom is 0.129 e. The van der Waals surface area contributed by atoms with E-state index in [4.69, 9.17) is 22.4 Å². The molecule has 0 spiro atoms. The molecule has 0 saturated heterocycles. The summed E-state index contributed by atoms with van der Waals surface area (Å²) in [5.41, 5.74) is 6.63. The van der Waals surface area contributed by atoms with Crippen molar-refractivity contribution in [2.45, 2.75) is 12.5 Å². The van der Waals surface area contributed by atoms with Crippen LogP contribution in [0.2, 0.25) is 5.15 Å². The van der Waals surface area contributed by atoms with Gasteiger partial charge in [0.2, 0.25) is 0 Å². The third-order valence-electron chi connectivity index (χ3n) is 1.62. The summed E-state index contributed by atoms with van der Waals surface area (Å²) < 4.78 is 0. The van der Waals surface area contributed by atoms with E-state index in [1.807, 2.05) is 0 Å². The molecule has 0 aromatic carbocycles. The molecule has 1 rings (SSSR count). The highest BCUT2D eigenvalue weighted by Crippen LogP contribution is 2.15. The van der Waals surface area contributed by atoms with Crippen molar-refractivity contribution in [3.63, 3.8) is 0 Å². The molecule has 0 fully saturated rings. The quantitative estimate of drug-likeness (QED) is 0.696. The molecule has 0 bridgehead atoms. The second kappa shape index (κ2) is 4.40. The highest BCUT2D eigenvalue weighted by molar-refractivity contribution is 6.29. The van der Waals surface area contributed by atoms with Crippen molar-refractivity contribution >= 4 is 11.6 Å². The molecule has 1 atom stereocenters. The minimum Gasteiger partial charge on any atom is -0.396 e. The summed E-state index contributed by atoms with van der Waals surface area (Å²) >= 11 is 5.66. The summed E-state index contributed by atoms with van der Waals surface area (Å²) in [6.07, 6.45) is 2.15. The van der Waals surface area contributed by atoms with Crippen LogP contribution < -0.4 is 5.73 Å². The predicted octanol–water partition coefficient (Wildman–Crippen LogP) is 1.12. The SMILES string of the molecule is NC(CCO)c1ccnc(Cl)c1. The minimum absolute atomic E-state index is 0.0844. The molecule has 0 saturated carbocycles. The van der Waals surface area contributed by atoms with Crippen molar-refractivity contribution in [2.75, 3.05) is 6.61 Å². The van der Waals surface area contributed by atoms with E-state index in [0.29, 0.717) is 11.6 Å². The van der Waals surface area contributed by atoms with Crippen LogP contribution in [0.4, 0.5) is 0 Å². The van der Waals surface area contributed by atoms with Crippen LogP contribution in [0.3, 0.4) is 0 Å². The summed E-state index contributed by atoms with van der Waals surface area (Å²) in [4.78, 5) is 3.83. The Morgan fingerprint density at radius 3 is 3.00 bits per heavy atom. The van der Waals surface area contributed by atoms with E-state index in [1.54, 1.807) is 18.3 Å². The molecule has 12 heavy (non-hydrogen) atoms. The Bertz CT molecular complexity index is 255. The Morgan fingerprint density at radius 2 is 2.42 bits per heavy atom. The van der Waals surface area contributed by atoms with Crippen LogP contribution >= 0.6 is 11.6 Å². The smallest absolute Gasteiger partial charge is 0.129 e. The minimum atomic E-state index is -0.157. The average Bonchev–Trinajstić information content (AvgIpc) is 2.05. The lowest BCUT2D eigenvalue weighted by atomic mass is 10.1. The van der Waals surface area contributed by atoms with Crippen molar-refractivity contribution in [3.8, 4) is 0 Å². The van der Waals surface area contributed by atoms with Crippen molar-refractivity contribution in [1.29, 1.82) is 0 Å². The third kappa shape index (κ3) is 2.44. The zero-order valence-corrected chi connectivity index (χ0v) is 7.33. The van der Waals surface area contributed by atoms with Gasteiger partial charge in [-0.2, -0.15) is 0 Å². The van der Waals surface area contributed by atoms with E-state index in [2.05, 4.69) is 4.98 Å². The van der Waals surface area contributed by atoms with Crippen molar-refractivity contribution in [2.24, 2.45) is 5.73 Å². The topological polar surface area (TPSA) is 59.1 Å². The molecule has 0 radical (unpaired) electrons. The second-order valence-electron chi connectivity index (χ2n) is 2.53. The molecule has 3 N–H and O–H groups in total. The lowest BCUT2D eigenvalue weighted by molar-refractivity contribution is 0.276. The predicted molar refractivity (Wildman–Crippen MR) is 47.9 cm³/mol. The van der Waals surface area contributed by atoms with Crippen LogP contribution in [0.1, 0.15) is 18.0 Å². The molecule has 0 aliphatic carbocycles. The van der Waals surface area contributed by atoms with E-state index < -0.39 is 0 Å². The zero-order valence-electron chi connectivity index (χ0n) is 6.57. The number of aromatic nitrogens is 1. The van der Waals surface area contributed by atoms with Crippen LogP contribution in [0, 0.1) is 0 Å². The van der Waals surface area contributed by atoms with Gasteiger partial charge < -0.3 is 10.8 Å². The Balaban J connectivity index is 2.73. The molecule has 0 aliphatic rings. The largest absolute Gasteiger partial charge is 0.396 e. The first kappa shape index (κ1) is 9.45. The number of rotatable bonds is 3. The van der Waals surface area contributed by atoms with Gasteiger partial charge in [-0.15, -0.1) is 0 Å². The maximum absolute atomic E-state index is 8.64. The van der Waals surface area contributed by atoms with Gasteiger partial charge in [0.25, 0.3) is 0 Å². The van der Waals surface area contributed by atoms with E-state index in [-0.39, 0.29) is 12.6 Å². The van der Waals surface area contributed by atoms with E-state index in [9.17, 15) is 0 Å². The average molecular weight is 187 g/mol. The van der Waals surface area contributed by atoms with Gasteiger partial charge in [0.1, 0.15) is 5.15 Å². The number of nitrogens with zero attached hydrogens (tertiary/aromatic N) is 1. The molecular formula is C8H11ClN2O. The molecule has 0 amide bonds. The third-order valence-corrected chi connectivity index (χ3v) is 1.83. The number of nitrogens with two attached hydrogens (primary N) is 1. The van der Waals surface area contributed by atoms with Gasteiger partial charge in [-0.3, -0.25) is 0 Å². The van der Waals surface area contributed by atoms with Gasteiger partial charge in [0, 0.05) is 18.8 Å². The maximum atomic E-state index is 8.64. The van der Waals surface area contributed by atoms with Crippen LogP contribution in [0.5, 0.6) is 0 Å². The molecule has 1 aromatic heterocycles. The van der Waals surface area contributed by atoms with Gasteiger partial charge in [-0.1, -0.05) is 11.6 Å². The molecule has 1 unspecified atom stereocenters. The molecule has 4 heteroatoms. The normalized spacial score (nSPS) is 12.9. The van der Waals surface area contributed by atoms with Crippen molar-refractivity contribution in [1.82, 2.24) is 4.98 Å². The lowest BCUT2D eigenvalue weighted by Gasteiger charge is -2.09. The van der Waals surface area contributed by atoms with Gasteiger partial charge in [0.15, 0.2) is 0 Å². The molecule has 1 aromatic rings.